The average Bonchev–Trinajstić information content (AvgIpc) is 2.71. The van der Waals surface area contributed by atoms with Crippen molar-refractivity contribution in [1.29, 1.82) is 0 Å². The number of hydrogen-bond donors (Lipinski definition) is 1. The Bertz CT molecular complexity index is 390. The van der Waals surface area contributed by atoms with E-state index in [2.05, 4.69) is 5.32 Å². The first kappa shape index (κ1) is 14.1. The van der Waals surface area contributed by atoms with Gasteiger partial charge in [-0.05, 0) is 27.2 Å². The first-order valence-corrected chi connectivity index (χ1v) is 7.26. The number of morpholine rings is 1. The van der Waals surface area contributed by atoms with E-state index in [-0.39, 0.29) is 17.2 Å². The SMILES string of the molecule is CC(C)(C)OC(=O)N1CCC2(CNC3(COC3)CO2)C1. The van der Waals surface area contributed by atoms with Gasteiger partial charge in [-0.25, -0.2) is 4.79 Å². The molecule has 3 aliphatic heterocycles. The molecular weight excluding hydrogens is 260 g/mol. The van der Waals surface area contributed by atoms with Crippen molar-refractivity contribution in [3.63, 3.8) is 0 Å². The monoisotopic (exact) mass is 284 g/mol. The van der Waals surface area contributed by atoms with Gasteiger partial charge in [0.25, 0.3) is 0 Å². The lowest BCUT2D eigenvalue weighted by Crippen LogP contribution is -2.71. The predicted octanol–water partition coefficient (Wildman–Crippen LogP) is 0.755. The van der Waals surface area contributed by atoms with Crippen molar-refractivity contribution < 1.29 is 19.0 Å². The topological polar surface area (TPSA) is 60.0 Å². The van der Waals surface area contributed by atoms with E-state index in [4.69, 9.17) is 14.2 Å². The van der Waals surface area contributed by atoms with Crippen molar-refractivity contribution in [3.8, 4) is 0 Å². The van der Waals surface area contributed by atoms with E-state index < -0.39 is 5.60 Å². The molecule has 0 aromatic heterocycles. The second kappa shape index (κ2) is 4.58. The molecule has 1 atom stereocenters. The molecule has 3 aliphatic rings. The van der Waals surface area contributed by atoms with Crippen LogP contribution in [0.4, 0.5) is 4.79 Å². The number of hydrogen-bond acceptors (Lipinski definition) is 5. The maximum absolute atomic E-state index is 12.1. The summed E-state index contributed by atoms with van der Waals surface area (Å²) >= 11 is 0. The number of amides is 1. The Kier molecular flexibility index (Phi) is 3.23. The third kappa shape index (κ3) is 2.64. The van der Waals surface area contributed by atoms with Gasteiger partial charge in [0, 0.05) is 13.1 Å². The third-order valence-electron chi connectivity index (χ3n) is 4.16. The summed E-state index contributed by atoms with van der Waals surface area (Å²) in [4.78, 5) is 13.8. The fourth-order valence-corrected chi connectivity index (χ4v) is 2.86. The quantitative estimate of drug-likeness (QED) is 0.711. The summed E-state index contributed by atoms with van der Waals surface area (Å²) in [5.74, 6) is 0. The third-order valence-corrected chi connectivity index (χ3v) is 4.16. The van der Waals surface area contributed by atoms with Gasteiger partial charge in [0.15, 0.2) is 0 Å². The molecule has 6 heteroatoms. The van der Waals surface area contributed by atoms with Gasteiger partial charge in [-0.3, -0.25) is 0 Å². The van der Waals surface area contributed by atoms with Gasteiger partial charge in [0.2, 0.25) is 0 Å². The smallest absolute Gasteiger partial charge is 0.410 e. The molecule has 3 heterocycles. The van der Waals surface area contributed by atoms with Gasteiger partial charge in [0.1, 0.15) is 5.60 Å². The van der Waals surface area contributed by atoms with E-state index in [1.165, 1.54) is 0 Å². The Labute approximate surface area is 119 Å². The fraction of sp³-hybridized carbons (Fsp3) is 0.929. The molecule has 0 aromatic carbocycles. The van der Waals surface area contributed by atoms with Crippen molar-refractivity contribution in [2.24, 2.45) is 0 Å². The number of carbonyl (C=O) groups is 1. The molecule has 114 valence electrons. The Morgan fingerprint density at radius 3 is 2.55 bits per heavy atom. The first-order chi connectivity index (χ1) is 9.32. The van der Waals surface area contributed by atoms with Crippen LogP contribution in [-0.2, 0) is 14.2 Å². The molecule has 3 fully saturated rings. The van der Waals surface area contributed by atoms with Gasteiger partial charge in [0.05, 0.1) is 37.5 Å². The number of carbonyl (C=O) groups excluding carboxylic acids is 1. The molecule has 0 aromatic rings. The van der Waals surface area contributed by atoms with E-state index >= 15 is 0 Å². The zero-order valence-electron chi connectivity index (χ0n) is 12.5. The molecule has 20 heavy (non-hydrogen) atoms. The van der Waals surface area contributed by atoms with Crippen LogP contribution in [0, 0.1) is 0 Å². The lowest BCUT2D eigenvalue weighted by molar-refractivity contribution is -0.179. The lowest BCUT2D eigenvalue weighted by atomic mass is 9.91. The number of ether oxygens (including phenoxy) is 3. The summed E-state index contributed by atoms with van der Waals surface area (Å²) in [6, 6.07) is 0. The lowest BCUT2D eigenvalue weighted by Gasteiger charge is -2.50. The van der Waals surface area contributed by atoms with Crippen LogP contribution in [0.3, 0.4) is 0 Å². The molecule has 0 saturated carbocycles. The molecule has 1 amide bonds. The van der Waals surface area contributed by atoms with Crippen molar-refractivity contribution in [2.45, 2.75) is 43.9 Å². The molecule has 0 aliphatic carbocycles. The molecular formula is C14H24N2O4. The minimum atomic E-state index is -0.453. The molecule has 3 saturated heterocycles. The van der Waals surface area contributed by atoms with Crippen LogP contribution in [0.2, 0.25) is 0 Å². The van der Waals surface area contributed by atoms with E-state index in [1.807, 2.05) is 20.8 Å². The fourth-order valence-electron chi connectivity index (χ4n) is 2.86. The predicted molar refractivity (Wildman–Crippen MR) is 72.7 cm³/mol. The van der Waals surface area contributed by atoms with Gasteiger partial charge in [-0.15, -0.1) is 0 Å². The van der Waals surface area contributed by atoms with Crippen LogP contribution in [0.15, 0.2) is 0 Å². The molecule has 0 bridgehead atoms. The summed E-state index contributed by atoms with van der Waals surface area (Å²) in [5, 5.41) is 3.54. The molecule has 6 nitrogen and oxygen atoms in total. The zero-order valence-corrected chi connectivity index (χ0v) is 12.5. The second-order valence-electron chi connectivity index (χ2n) is 7.25. The van der Waals surface area contributed by atoms with E-state index in [9.17, 15) is 4.79 Å². The minimum absolute atomic E-state index is 0.0184. The van der Waals surface area contributed by atoms with E-state index in [1.54, 1.807) is 4.90 Å². The van der Waals surface area contributed by atoms with Crippen LogP contribution >= 0.6 is 0 Å². The molecule has 1 unspecified atom stereocenters. The summed E-state index contributed by atoms with van der Waals surface area (Å²) in [7, 11) is 0. The van der Waals surface area contributed by atoms with Crippen molar-refractivity contribution in [3.05, 3.63) is 0 Å². The van der Waals surface area contributed by atoms with Crippen molar-refractivity contribution >= 4 is 6.09 Å². The number of likely N-dealkylation sites (tertiary alicyclic amines) is 1. The molecule has 0 radical (unpaired) electrons. The highest BCUT2D eigenvalue weighted by atomic mass is 16.6. The number of nitrogens with zero attached hydrogens (tertiary/aromatic N) is 1. The van der Waals surface area contributed by atoms with Gasteiger partial charge >= 0.3 is 6.09 Å². The molecule has 3 rings (SSSR count). The average molecular weight is 284 g/mol. The Morgan fingerprint density at radius 1 is 1.30 bits per heavy atom. The number of nitrogens with one attached hydrogen (secondary N) is 1. The molecule has 1 N–H and O–H groups in total. The highest BCUT2D eigenvalue weighted by Crippen LogP contribution is 2.33. The van der Waals surface area contributed by atoms with Gasteiger partial charge in [-0.2, -0.15) is 0 Å². The van der Waals surface area contributed by atoms with Crippen LogP contribution in [0.1, 0.15) is 27.2 Å². The summed E-state index contributed by atoms with van der Waals surface area (Å²) in [6.45, 7) is 9.83. The largest absolute Gasteiger partial charge is 0.444 e. The van der Waals surface area contributed by atoms with Crippen LogP contribution in [0.25, 0.3) is 0 Å². The molecule has 2 spiro atoms. The van der Waals surface area contributed by atoms with Gasteiger partial charge in [-0.1, -0.05) is 0 Å². The Balaban J connectivity index is 1.55. The summed E-state index contributed by atoms with van der Waals surface area (Å²) < 4.78 is 16.8. The second-order valence-corrected chi connectivity index (χ2v) is 7.25. The minimum Gasteiger partial charge on any atom is -0.444 e. The summed E-state index contributed by atoms with van der Waals surface area (Å²) in [5.41, 5.74) is -0.686. The zero-order chi connectivity index (χ0) is 14.4. The van der Waals surface area contributed by atoms with E-state index in [0.29, 0.717) is 19.7 Å². The van der Waals surface area contributed by atoms with Gasteiger partial charge < -0.3 is 24.4 Å². The van der Waals surface area contributed by atoms with Crippen LogP contribution in [-0.4, -0.2) is 67.2 Å². The summed E-state index contributed by atoms with van der Waals surface area (Å²) in [6.07, 6.45) is 0.612. The Morgan fingerprint density at radius 2 is 2.05 bits per heavy atom. The Hall–Kier alpha value is -0.850. The van der Waals surface area contributed by atoms with Crippen LogP contribution < -0.4 is 5.32 Å². The van der Waals surface area contributed by atoms with Crippen LogP contribution in [0.5, 0.6) is 0 Å². The maximum Gasteiger partial charge on any atom is 0.410 e. The maximum atomic E-state index is 12.1. The van der Waals surface area contributed by atoms with Crippen molar-refractivity contribution in [1.82, 2.24) is 10.2 Å². The first-order valence-electron chi connectivity index (χ1n) is 7.26. The standard InChI is InChI=1S/C14H24N2O4/c1-12(2,3)20-11(17)16-5-4-14(7-16)6-15-13(10-19-14)8-18-9-13/h15H,4-10H2,1-3H3. The number of rotatable bonds is 0. The highest BCUT2D eigenvalue weighted by molar-refractivity contribution is 5.68. The highest BCUT2D eigenvalue weighted by Gasteiger charge is 2.51. The van der Waals surface area contributed by atoms with E-state index in [0.717, 1.165) is 26.2 Å². The normalized spacial score (nSPS) is 32.5. The van der Waals surface area contributed by atoms with Crippen molar-refractivity contribution in [2.75, 3.05) is 39.5 Å².